The Balaban J connectivity index is 1.96. The maximum absolute atomic E-state index is 13.1. The lowest BCUT2D eigenvalue weighted by Gasteiger charge is -2.25. The smallest absolute Gasteiger partial charge is 0.300 e. The standard InChI is InChI=1S/C24H18ClNO5/c1-31-19-10-4-8-17(13-19)26-21(14-5-3-9-18(27)12-14)20(23(29)24(26)30)22(28)15-6-2-7-16(25)11-15/h2-13,21,27-28H,1H3/b22-20+. The third-order valence-electron chi connectivity index (χ3n) is 5.06. The molecule has 0 aliphatic carbocycles. The predicted molar refractivity (Wildman–Crippen MR) is 117 cm³/mol. The first kappa shape index (κ1) is 20.5. The molecule has 1 aliphatic rings. The summed E-state index contributed by atoms with van der Waals surface area (Å²) in [5.41, 5.74) is 1.09. The van der Waals surface area contributed by atoms with Gasteiger partial charge in [0.25, 0.3) is 11.7 Å². The Hall–Kier alpha value is -3.77. The Kier molecular flexibility index (Phi) is 5.40. The maximum atomic E-state index is 13.1. The second-order valence-electron chi connectivity index (χ2n) is 6.98. The van der Waals surface area contributed by atoms with Crippen molar-refractivity contribution in [1.82, 2.24) is 0 Å². The third kappa shape index (κ3) is 3.73. The summed E-state index contributed by atoms with van der Waals surface area (Å²) in [7, 11) is 1.50. The number of aliphatic hydroxyl groups is 1. The number of ketones is 1. The Morgan fingerprint density at radius 2 is 1.74 bits per heavy atom. The number of benzene rings is 3. The second kappa shape index (κ2) is 8.16. The Bertz CT molecular complexity index is 1220. The lowest BCUT2D eigenvalue weighted by atomic mass is 9.95. The minimum Gasteiger partial charge on any atom is -0.508 e. The zero-order valence-corrected chi connectivity index (χ0v) is 17.2. The lowest BCUT2D eigenvalue weighted by Crippen LogP contribution is -2.29. The predicted octanol–water partition coefficient (Wildman–Crippen LogP) is 4.68. The molecule has 0 bridgehead atoms. The third-order valence-corrected chi connectivity index (χ3v) is 5.30. The normalized spacial score (nSPS) is 17.7. The molecule has 0 saturated carbocycles. The number of anilines is 1. The van der Waals surface area contributed by atoms with Gasteiger partial charge in [-0.05, 0) is 42.0 Å². The van der Waals surface area contributed by atoms with Gasteiger partial charge in [-0.2, -0.15) is 0 Å². The highest BCUT2D eigenvalue weighted by atomic mass is 35.5. The number of phenolic OH excluding ortho intramolecular Hbond substituents is 1. The van der Waals surface area contributed by atoms with Gasteiger partial charge in [-0.15, -0.1) is 0 Å². The fourth-order valence-corrected chi connectivity index (χ4v) is 3.85. The zero-order chi connectivity index (χ0) is 22.1. The SMILES string of the molecule is COc1cccc(N2C(=O)C(=O)/C(=C(/O)c3cccc(Cl)c3)C2c2cccc(O)c2)c1. The van der Waals surface area contributed by atoms with Gasteiger partial charge < -0.3 is 14.9 Å². The number of phenols is 1. The molecule has 1 heterocycles. The number of amides is 1. The summed E-state index contributed by atoms with van der Waals surface area (Å²) in [5, 5.41) is 21.4. The van der Waals surface area contributed by atoms with Gasteiger partial charge in [0.2, 0.25) is 0 Å². The highest BCUT2D eigenvalue weighted by Crippen LogP contribution is 2.43. The van der Waals surface area contributed by atoms with Gasteiger partial charge in [-0.1, -0.05) is 41.9 Å². The minimum atomic E-state index is -0.960. The number of hydrogen-bond acceptors (Lipinski definition) is 5. The minimum absolute atomic E-state index is 0.0310. The van der Waals surface area contributed by atoms with Crippen molar-refractivity contribution in [1.29, 1.82) is 0 Å². The summed E-state index contributed by atoms with van der Waals surface area (Å²) in [4.78, 5) is 27.5. The van der Waals surface area contributed by atoms with Crippen LogP contribution in [0.1, 0.15) is 17.2 Å². The van der Waals surface area contributed by atoms with Crippen LogP contribution in [0.25, 0.3) is 5.76 Å². The van der Waals surface area contributed by atoms with Gasteiger partial charge >= 0.3 is 0 Å². The van der Waals surface area contributed by atoms with E-state index in [0.717, 1.165) is 0 Å². The summed E-state index contributed by atoms with van der Waals surface area (Å²) in [6.45, 7) is 0. The Morgan fingerprint density at radius 1 is 1.00 bits per heavy atom. The first-order valence-corrected chi connectivity index (χ1v) is 9.78. The van der Waals surface area contributed by atoms with Crippen LogP contribution in [-0.4, -0.2) is 29.0 Å². The van der Waals surface area contributed by atoms with Crippen LogP contribution in [0.15, 0.2) is 78.4 Å². The molecular formula is C24H18ClNO5. The molecule has 2 N–H and O–H groups in total. The van der Waals surface area contributed by atoms with Crippen LogP contribution in [0.2, 0.25) is 5.02 Å². The molecule has 1 atom stereocenters. The number of aromatic hydroxyl groups is 1. The van der Waals surface area contributed by atoms with Crippen LogP contribution in [-0.2, 0) is 9.59 Å². The summed E-state index contributed by atoms with van der Waals surface area (Å²) in [6.07, 6.45) is 0. The van der Waals surface area contributed by atoms with Crippen LogP contribution in [0.3, 0.4) is 0 Å². The van der Waals surface area contributed by atoms with E-state index in [0.29, 0.717) is 27.6 Å². The van der Waals surface area contributed by atoms with Crippen molar-refractivity contribution < 1.29 is 24.5 Å². The van der Waals surface area contributed by atoms with Gasteiger partial charge in [-0.25, -0.2) is 0 Å². The van der Waals surface area contributed by atoms with Crippen LogP contribution in [0.5, 0.6) is 11.5 Å². The molecule has 156 valence electrons. The van der Waals surface area contributed by atoms with E-state index < -0.39 is 17.7 Å². The molecule has 4 rings (SSSR count). The molecule has 0 aromatic heterocycles. The van der Waals surface area contributed by atoms with Crippen molar-refractivity contribution in [3.8, 4) is 11.5 Å². The Morgan fingerprint density at radius 3 is 2.45 bits per heavy atom. The number of carbonyl (C=O) groups is 2. The number of carbonyl (C=O) groups excluding carboxylic acids is 2. The average molecular weight is 436 g/mol. The van der Waals surface area contributed by atoms with Gasteiger partial charge in [-0.3, -0.25) is 14.5 Å². The van der Waals surface area contributed by atoms with Gasteiger partial charge in [0.1, 0.15) is 17.3 Å². The molecule has 1 unspecified atom stereocenters. The molecule has 31 heavy (non-hydrogen) atoms. The van der Waals surface area contributed by atoms with Crippen molar-refractivity contribution in [2.45, 2.75) is 6.04 Å². The summed E-state index contributed by atoms with van der Waals surface area (Å²) in [6, 6.07) is 18.4. The number of aliphatic hydroxyl groups excluding tert-OH is 1. The van der Waals surface area contributed by atoms with E-state index in [4.69, 9.17) is 16.3 Å². The molecule has 0 spiro atoms. The van der Waals surface area contributed by atoms with E-state index in [1.54, 1.807) is 54.6 Å². The van der Waals surface area contributed by atoms with Crippen molar-refractivity contribution in [3.63, 3.8) is 0 Å². The number of methoxy groups -OCH3 is 1. The quantitative estimate of drug-likeness (QED) is 0.353. The van der Waals surface area contributed by atoms with Crippen molar-refractivity contribution in [3.05, 3.63) is 94.5 Å². The molecule has 3 aromatic rings. The van der Waals surface area contributed by atoms with E-state index >= 15 is 0 Å². The molecule has 6 nitrogen and oxygen atoms in total. The van der Waals surface area contributed by atoms with Crippen LogP contribution >= 0.6 is 11.6 Å². The molecule has 3 aromatic carbocycles. The number of hydrogen-bond donors (Lipinski definition) is 2. The number of rotatable bonds is 4. The molecule has 1 aliphatic heterocycles. The van der Waals surface area contributed by atoms with Gasteiger partial charge in [0.05, 0.1) is 18.7 Å². The zero-order valence-electron chi connectivity index (χ0n) is 16.4. The molecule has 1 amide bonds. The average Bonchev–Trinajstić information content (AvgIpc) is 3.04. The lowest BCUT2D eigenvalue weighted by molar-refractivity contribution is -0.132. The molecule has 0 radical (unpaired) electrons. The fraction of sp³-hybridized carbons (Fsp3) is 0.0833. The first-order valence-electron chi connectivity index (χ1n) is 9.40. The van der Waals surface area contributed by atoms with E-state index in [2.05, 4.69) is 0 Å². The monoisotopic (exact) mass is 435 g/mol. The number of halogens is 1. The van der Waals surface area contributed by atoms with E-state index in [1.807, 2.05) is 0 Å². The summed E-state index contributed by atoms with van der Waals surface area (Å²) in [5.74, 6) is -1.52. The number of ether oxygens (including phenoxy) is 1. The van der Waals surface area contributed by atoms with E-state index in [-0.39, 0.29) is 17.1 Å². The van der Waals surface area contributed by atoms with E-state index in [1.165, 1.54) is 30.2 Å². The van der Waals surface area contributed by atoms with Gasteiger partial charge in [0, 0.05) is 22.3 Å². The topological polar surface area (TPSA) is 87.1 Å². The Labute approximate surface area is 183 Å². The molecule has 1 saturated heterocycles. The van der Waals surface area contributed by atoms with Crippen molar-refractivity contribution in [2.24, 2.45) is 0 Å². The number of Topliss-reactive ketones (excluding diaryl/α,β-unsaturated/α-hetero) is 1. The molecule has 7 heteroatoms. The summed E-state index contributed by atoms with van der Waals surface area (Å²) >= 11 is 6.05. The van der Waals surface area contributed by atoms with Gasteiger partial charge in [0.15, 0.2) is 0 Å². The number of nitrogens with zero attached hydrogens (tertiary/aromatic N) is 1. The largest absolute Gasteiger partial charge is 0.508 e. The highest BCUT2D eigenvalue weighted by Gasteiger charge is 2.47. The van der Waals surface area contributed by atoms with Crippen molar-refractivity contribution in [2.75, 3.05) is 12.0 Å². The van der Waals surface area contributed by atoms with Crippen molar-refractivity contribution >= 4 is 34.7 Å². The second-order valence-corrected chi connectivity index (χ2v) is 7.41. The first-order chi connectivity index (χ1) is 14.9. The van der Waals surface area contributed by atoms with E-state index in [9.17, 15) is 19.8 Å². The van der Waals surface area contributed by atoms with Crippen LogP contribution < -0.4 is 9.64 Å². The molecular weight excluding hydrogens is 418 g/mol. The van der Waals surface area contributed by atoms with Crippen LogP contribution in [0.4, 0.5) is 5.69 Å². The highest BCUT2D eigenvalue weighted by molar-refractivity contribution is 6.51. The summed E-state index contributed by atoms with van der Waals surface area (Å²) < 4.78 is 5.25. The fourth-order valence-electron chi connectivity index (χ4n) is 3.66. The van der Waals surface area contributed by atoms with Crippen LogP contribution in [0, 0.1) is 0 Å². The molecule has 1 fully saturated rings. The maximum Gasteiger partial charge on any atom is 0.300 e.